The van der Waals surface area contributed by atoms with Gasteiger partial charge in [0.2, 0.25) is 11.8 Å². The van der Waals surface area contributed by atoms with Crippen LogP contribution in [0.15, 0.2) is 0 Å². The van der Waals surface area contributed by atoms with E-state index in [0.29, 0.717) is 19.6 Å². The van der Waals surface area contributed by atoms with Crippen molar-refractivity contribution in [2.75, 3.05) is 19.6 Å². The normalized spacial score (nSPS) is 16.4. The Hall–Kier alpha value is -0.810. The molecule has 1 aliphatic heterocycles. The molecule has 0 bridgehead atoms. The molecule has 3 N–H and O–H groups in total. The number of carbonyl (C=O) groups excluding carboxylic acids is 2. The van der Waals surface area contributed by atoms with E-state index in [1.807, 2.05) is 18.7 Å². The van der Waals surface area contributed by atoms with Crippen LogP contribution in [0.1, 0.15) is 53.4 Å². The minimum Gasteiger partial charge on any atom is -0.349 e. The summed E-state index contributed by atoms with van der Waals surface area (Å²) in [6, 6.07) is 0. The highest BCUT2D eigenvalue weighted by atomic mass is 35.5. The van der Waals surface area contributed by atoms with Crippen LogP contribution in [0.4, 0.5) is 0 Å². The minimum atomic E-state index is -0.276. The molecule has 0 aliphatic carbocycles. The van der Waals surface area contributed by atoms with Gasteiger partial charge in [-0.25, -0.2) is 0 Å². The molecule has 130 valence electrons. The maximum Gasteiger partial charge on any atom is 0.225 e. The van der Waals surface area contributed by atoms with E-state index >= 15 is 0 Å². The lowest BCUT2D eigenvalue weighted by molar-refractivity contribution is -0.138. The number of halogens is 1. The van der Waals surface area contributed by atoms with Crippen LogP contribution in [0.2, 0.25) is 0 Å². The second-order valence-electron chi connectivity index (χ2n) is 6.44. The lowest BCUT2D eigenvalue weighted by Crippen LogP contribution is -2.55. The average molecular weight is 334 g/mol. The fourth-order valence-corrected chi connectivity index (χ4v) is 2.86. The van der Waals surface area contributed by atoms with Crippen molar-refractivity contribution in [2.45, 2.75) is 58.9 Å². The average Bonchev–Trinajstić information content (AvgIpc) is 2.52. The van der Waals surface area contributed by atoms with Gasteiger partial charge < -0.3 is 16.0 Å². The largest absolute Gasteiger partial charge is 0.349 e. The van der Waals surface area contributed by atoms with Crippen molar-refractivity contribution in [3.05, 3.63) is 0 Å². The molecule has 0 aromatic heterocycles. The van der Waals surface area contributed by atoms with Crippen LogP contribution >= 0.6 is 12.4 Å². The number of carbonyl (C=O) groups is 2. The zero-order valence-electron chi connectivity index (χ0n) is 14.4. The summed E-state index contributed by atoms with van der Waals surface area (Å²) in [6.07, 6.45) is 3.18. The summed E-state index contributed by atoms with van der Waals surface area (Å²) in [7, 11) is 0. The van der Waals surface area contributed by atoms with Gasteiger partial charge in [-0.2, -0.15) is 0 Å². The van der Waals surface area contributed by atoms with Gasteiger partial charge in [0.05, 0.1) is 5.54 Å². The highest BCUT2D eigenvalue weighted by Crippen LogP contribution is 2.21. The molecule has 0 unspecified atom stereocenters. The number of piperidine rings is 1. The third-order valence-corrected chi connectivity index (χ3v) is 4.80. The summed E-state index contributed by atoms with van der Waals surface area (Å²) in [6.45, 7) is 9.78. The highest BCUT2D eigenvalue weighted by molar-refractivity contribution is 5.85. The third-order valence-electron chi connectivity index (χ3n) is 4.80. The molecule has 0 atom stereocenters. The lowest BCUT2D eigenvalue weighted by atomic mass is 9.89. The Morgan fingerprint density at radius 1 is 1.23 bits per heavy atom. The number of rotatable bonds is 6. The Balaban J connectivity index is 0.00000441. The fourth-order valence-electron chi connectivity index (χ4n) is 2.86. The van der Waals surface area contributed by atoms with Crippen LogP contribution in [-0.4, -0.2) is 41.9 Å². The van der Waals surface area contributed by atoms with Gasteiger partial charge >= 0.3 is 0 Å². The van der Waals surface area contributed by atoms with E-state index in [2.05, 4.69) is 19.2 Å². The van der Waals surface area contributed by atoms with Crippen LogP contribution in [0.3, 0.4) is 0 Å². The summed E-state index contributed by atoms with van der Waals surface area (Å²) < 4.78 is 0. The Morgan fingerprint density at radius 2 is 1.73 bits per heavy atom. The van der Waals surface area contributed by atoms with Crippen molar-refractivity contribution in [2.24, 2.45) is 17.6 Å². The second kappa shape index (κ2) is 9.36. The molecule has 1 rings (SSSR count). The van der Waals surface area contributed by atoms with E-state index in [9.17, 15) is 9.59 Å². The Morgan fingerprint density at radius 3 is 2.09 bits per heavy atom. The minimum absolute atomic E-state index is 0. The van der Waals surface area contributed by atoms with Crippen LogP contribution in [0.25, 0.3) is 0 Å². The molecular formula is C16H32ClN3O2. The van der Waals surface area contributed by atoms with Gasteiger partial charge in [-0.15, -0.1) is 12.4 Å². The Labute approximate surface area is 140 Å². The quantitative estimate of drug-likeness (QED) is 0.780. The summed E-state index contributed by atoms with van der Waals surface area (Å²) >= 11 is 0. The van der Waals surface area contributed by atoms with Crippen molar-refractivity contribution in [1.29, 1.82) is 0 Å². The highest BCUT2D eigenvalue weighted by Gasteiger charge is 2.32. The van der Waals surface area contributed by atoms with Crippen LogP contribution < -0.4 is 11.1 Å². The predicted molar refractivity (Wildman–Crippen MR) is 91.9 cm³/mol. The molecule has 0 radical (unpaired) electrons. The Bertz CT molecular complexity index is 354. The van der Waals surface area contributed by atoms with E-state index in [1.165, 1.54) is 0 Å². The van der Waals surface area contributed by atoms with Gasteiger partial charge in [0.25, 0.3) is 0 Å². The number of nitrogens with two attached hydrogens (primary N) is 1. The van der Waals surface area contributed by atoms with Gasteiger partial charge in [-0.3, -0.25) is 9.59 Å². The van der Waals surface area contributed by atoms with Gasteiger partial charge in [-0.1, -0.05) is 27.7 Å². The smallest absolute Gasteiger partial charge is 0.225 e. The Kier molecular flexibility index (Phi) is 9.01. The van der Waals surface area contributed by atoms with E-state index in [-0.39, 0.29) is 41.6 Å². The number of likely N-dealkylation sites (tertiary alicyclic amines) is 1. The molecule has 0 saturated carbocycles. The van der Waals surface area contributed by atoms with Gasteiger partial charge in [-0.05, 0) is 25.7 Å². The van der Waals surface area contributed by atoms with Crippen LogP contribution in [0, 0.1) is 11.8 Å². The number of hydrogen-bond donors (Lipinski definition) is 2. The predicted octanol–water partition coefficient (Wildman–Crippen LogP) is 1.94. The molecule has 5 nitrogen and oxygen atoms in total. The first kappa shape index (κ1) is 21.2. The van der Waals surface area contributed by atoms with Gasteiger partial charge in [0, 0.05) is 31.5 Å². The van der Waals surface area contributed by atoms with Crippen molar-refractivity contribution < 1.29 is 9.59 Å². The number of hydrogen-bond acceptors (Lipinski definition) is 3. The molecule has 0 aromatic carbocycles. The molecule has 0 spiro atoms. The maximum absolute atomic E-state index is 12.4. The van der Waals surface area contributed by atoms with Crippen molar-refractivity contribution in [1.82, 2.24) is 10.2 Å². The first-order valence-electron chi connectivity index (χ1n) is 8.20. The third kappa shape index (κ3) is 5.13. The van der Waals surface area contributed by atoms with E-state index in [4.69, 9.17) is 5.73 Å². The van der Waals surface area contributed by atoms with Gasteiger partial charge in [0.15, 0.2) is 0 Å². The van der Waals surface area contributed by atoms with Crippen LogP contribution in [-0.2, 0) is 9.59 Å². The zero-order valence-corrected chi connectivity index (χ0v) is 15.2. The van der Waals surface area contributed by atoms with Gasteiger partial charge in [0.1, 0.15) is 0 Å². The molecule has 1 saturated heterocycles. The van der Waals surface area contributed by atoms with Crippen molar-refractivity contribution >= 4 is 24.2 Å². The zero-order chi connectivity index (χ0) is 16.0. The molecule has 6 heteroatoms. The first-order chi connectivity index (χ1) is 9.89. The molecule has 2 amide bonds. The number of nitrogens with zero attached hydrogens (tertiary/aromatic N) is 1. The first-order valence-corrected chi connectivity index (χ1v) is 8.20. The molecule has 22 heavy (non-hydrogen) atoms. The summed E-state index contributed by atoms with van der Waals surface area (Å²) in [5.74, 6) is 0.318. The molecule has 1 heterocycles. The molecule has 1 aliphatic rings. The lowest BCUT2D eigenvalue weighted by Gasteiger charge is -2.36. The monoisotopic (exact) mass is 333 g/mol. The second-order valence-corrected chi connectivity index (χ2v) is 6.44. The SMILES string of the molecule is CCC(CC)(CN)NC(=O)C1CCN(C(=O)C(C)C)CC1.Cl. The standard InChI is InChI=1S/C16H31N3O2.ClH/c1-5-16(6-2,11-17)18-14(20)13-7-9-19(10-8-13)15(21)12(3)4;/h12-13H,5-11,17H2,1-4H3,(H,18,20);1H. The van der Waals surface area contributed by atoms with Crippen LogP contribution in [0.5, 0.6) is 0 Å². The summed E-state index contributed by atoms with van der Waals surface area (Å²) in [5, 5.41) is 3.15. The number of amides is 2. The van der Waals surface area contributed by atoms with Crippen molar-refractivity contribution in [3.8, 4) is 0 Å². The van der Waals surface area contributed by atoms with E-state index in [1.54, 1.807) is 0 Å². The molecular weight excluding hydrogens is 302 g/mol. The molecule has 1 fully saturated rings. The summed E-state index contributed by atoms with van der Waals surface area (Å²) in [5.41, 5.74) is 5.56. The maximum atomic E-state index is 12.4. The van der Waals surface area contributed by atoms with E-state index in [0.717, 1.165) is 25.7 Å². The van der Waals surface area contributed by atoms with E-state index < -0.39 is 0 Å². The van der Waals surface area contributed by atoms with Crippen molar-refractivity contribution in [3.63, 3.8) is 0 Å². The summed E-state index contributed by atoms with van der Waals surface area (Å²) in [4.78, 5) is 26.3. The molecule has 0 aromatic rings. The topological polar surface area (TPSA) is 75.4 Å². The number of nitrogens with one attached hydrogen (secondary N) is 1. The fraction of sp³-hybridized carbons (Fsp3) is 0.875.